The number of benzene rings is 10. The Morgan fingerprint density at radius 3 is 1.65 bits per heavy atom. The van der Waals surface area contributed by atoms with Crippen LogP contribution in [0.15, 0.2) is 254 Å². The topological polar surface area (TPSA) is 8.17 Å². The Labute approximate surface area is 402 Å². The van der Waals surface area contributed by atoms with Crippen molar-refractivity contribution < 1.29 is 0 Å². The minimum atomic E-state index is -0.435. The summed E-state index contributed by atoms with van der Waals surface area (Å²) in [4.78, 5) is 2.48. The predicted molar refractivity (Wildman–Crippen MR) is 292 cm³/mol. The molecule has 0 radical (unpaired) electrons. The van der Waals surface area contributed by atoms with Gasteiger partial charge < -0.3 is 9.47 Å². The Bertz CT molecular complexity index is 3910. The lowest BCUT2D eigenvalue weighted by molar-refractivity contribution is 0.645. The van der Waals surface area contributed by atoms with E-state index in [2.05, 4.69) is 252 Å². The molecule has 10 aromatic carbocycles. The van der Waals surface area contributed by atoms with Gasteiger partial charge >= 0.3 is 0 Å². The number of hydrogen-bond acceptors (Lipinski definition) is 1. The second-order valence-corrected chi connectivity index (χ2v) is 18.9. The molecule has 1 aromatic heterocycles. The van der Waals surface area contributed by atoms with Crippen LogP contribution in [0.5, 0.6) is 0 Å². The molecule has 0 aliphatic heterocycles. The normalized spacial score (nSPS) is 16.6. The number of nitrogens with zero attached hydrogens (tertiary/aromatic N) is 2. The number of rotatable bonds is 7. The average Bonchev–Trinajstić information content (AvgIpc) is 3.93. The van der Waals surface area contributed by atoms with Crippen LogP contribution in [0.4, 0.5) is 17.1 Å². The van der Waals surface area contributed by atoms with Crippen molar-refractivity contribution in [1.29, 1.82) is 0 Å². The summed E-state index contributed by atoms with van der Waals surface area (Å²) < 4.78 is 2.42. The molecule has 2 heteroatoms. The van der Waals surface area contributed by atoms with E-state index in [4.69, 9.17) is 0 Å². The minimum absolute atomic E-state index is 0.435. The third kappa shape index (κ3) is 5.98. The molecule has 0 fully saturated rings. The number of anilines is 3. The molecule has 11 aromatic rings. The zero-order valence-corrected chi connectivity index (χ0v) is 38.3. The molecule has 2 nitrogen and oxygen atoms in total. The van der Waals surface area contributed by atoms with Gasteiger partial charge in [-0.15, -0.1) is 0 Å². The lowest BCUT2D eigenvalue weighted by atomic mass is 9.63. The van der Waals surface area contributed by atoms with Crippen LogP contribution < -0.4 is 4.90 Å². The molecular weight excluding hydrogens is 833 g/mol. The third-order valence-corrected chi connectivity index (χ3v) is 15.4. The van der Waals surface area contributed by atoms with E-state index in [9.17, 15) is 0 Å². The van der Waals surface area contributed by atoms with Gasteiger partial charge in [0.15, 0.2) is 0 Å². The monoisotopic (exact) mass is 880 g/mol. The van der Waals surface area contributed by atoms with Crippen LogP contribution >= 0.6 is 0 Å². The Kier molecular flexibility index (Phi) is 9.10. The zero-order valence-electron chi connectivity index (χ0n) is 38.3. The zero-order chi connectivity index (χ0) is 45.5. The van der Waals surface area contributed by atoms with Crippen molar-refractivity contribution in [1.82, 2.24) is 4.57 Å². The van der Waals surface area contributed by atoms with E-state index in [0.717, 1.165) is 42.7 Å². The molecule has 0 bridgehead atoms. The van der Waals surface area contributed by atoms with Crippen molar-refractivity contribution in [3.63, 3.8) is 0 Å². The molecule has 1 unspecified atom stereocenters. The maximum atomic E-state index is 2.55. The summed E-state index contributed by atoms with van der Waals surface area (Å²) in [5.41, 5.74) is 17.6. The van der Waals surface area contributed by atoms with Crippen molar-refractivity contribution in [2.45, 2.75) is 31.1 Å². The van der Waals surface area contributed by atoms with E-state index in [1.807, 2.05) is 0 Å². The number of fused-ring (bicyclic) bond motifs is 11. The molecule has 326 valence electrons. The van der Waals surface area contributed by atoms with Crippen LogP contribution in [0, 0.1) is 0 Å². The highest BCUT2D eigenvalue weighted by atomic mass is 15.1. The van der Waals surface area contributed by atoms with Crippen molar-refractivity contribution in [3.8, 4) is 5.69 Å². The van der Waals surface area contributed by atoms with Crippen LogP contribution in [0.25, 0.3) is 71.0 Å². The van der Waals surface area contributed by atoms with E-state index in [1.165, 1.54) is 104 Å². The predicted octanol–water partition coefficient (Wildman–Crippen LogP) is 17.9. The molecule has 0 saturated heterocycles. The lowest BCUT2D eigenvalue weighted by Crippen LogP contribution is -2.32. The summed E-state index contributed by atoms with van der Waals surface area (Å²) in [5.74, 6) is 0. The van der Waals surface area contributed by atoms with Crippen LogP contribution in [-0.4, -0.2) is 4.57 Å². The van der Waals surface area contributed by atoms with Gasteiger partial charge in [-0.25, -0.2) is 0 Å². The van der Waals surface area contributed by atoms with Crippen molar-refractivity contribution in [2.75, 3.05) is 4.90 Å². The van der Waals surface area contributed by atoms with Gasteiger partial charge in [0, 0.05) is 33.5 Å². The van der Waals surface area contributed by atoms with Crippen molar-refractivity contribution in [3.05, 3.63) is 276 Å². The van der Waals surface area contributed by atoms with E-state index in [0.29, 0.717) is 0 Å². The maximum Gasteiger partial charge on any atom is 0.0640 e. The van der Waals surface area contributed by atoms with Crippen LogP contribution in [0.2, 0.25) is 0 Å². The fourth-order valence-corrected chi connectivity index (χ4v) is 12.6. The summed E-state index contributed by atoms with van der Waals surface area (Å²) in [7, 11) is 0. The highest BCUT2D eigenvalue weighted by molar-refractivity contribution is 6.26. The quantitative estimate of drug-likeness (QED) is 0.145. The van der Waals surface area contributed by atoms with Crippen LogP contribution in [0.1, 0.15) is 47.9 Å². The molecular formula is C67H48N2. The van der Waals surface area contributed by atoms with E-state index in [1.54, 1.807) is 0 Å². The van der Waals surface area contributed by atoms with Gasteiger partial charge in [0.1, 0.15) is 0 Å². The first kappa shape index (κ1) is 39.7. The maximum absolute atomic E-state index is 2.55. The van der Waals surface area contributed by atoms with Crippen molar-refractivity contribution in [2.24, 2.45) is 0 Å². The number of hydrogen-bond donors (Lipinski definition) is 0. The van der Waals surface area contributed by atoms with Gasteiger partial charge in [0.25, 0.3) is 0 Å². The van der Waals surface area contributed by atoms with Gasteiger partial charge in [-0.3, -0.25) is 0 Å². The highest BCUT2D eigenvalue weighted by Gasteiger charge is 2.50. The summed E-state index contributed by atoms with van der Waals surface area (Å²) in [5, 5.41) is 10.2. The molecule has 1 heterocycles. The Balaban J connectivity index is 0.975. The molecule has 3 aliphatic rings. The van der Waals surface area contributed by atoms with E-state index in [-0.39, 0.29) is 0 Å². The standard InChI is InChI=1S/C67H48N2/c1-4-19-46(20-5-1)67(47-21-6-2-7-22-47)62-32-18-31-52(45-35-37-49(38-36-45)69-64-33-16-14-29-58(64)59-30-15-17-34-65(59)69)66(62)60-42-40-51(44-63(60)67)68(48-23-8-3-9-24-48)50-39-41-57-55-27-11-10-25-53(55)54-26-12-13-28-56(54)61(57)43-50/h1-6,8-17,19-21,23-31,33-44H,7,18,22,32H2. The fourth-order valence-electron chi connectivity index (χ4n) is 12.6. The van der Waals surface area contributed by atoms with Crippen molar-refractivity contribution >= 4 is 82.3 Å². The second-order valence-electron chi connectivity index (χ2n) is 18.9. The molecule has 69 heavy (non-hydrogen) atoms. The Hall–Kier alpha value is -8.46. The number of allylic oxidation sites excluding steroid dienone is 8. The Morgan fingerprint density at radius 1 is 0.435 bits per heavy atom. The largest absolute Gasteiger partial charge is 0.310 e. The van der Waals surface area contributed by atoms with E-state index >= 15 is 0 Å². The SMILES string of the molecule is C1=CCCC(C2(c3ccccc3)C3=C(C(c4ccc(-n5c6ccccc6c6ccccc65)cc4)=CCC3)c3ccc(N(c4ccccc4)c4ccc5c6ccccc6c6ccccc6c5c4)cc32)=C1. The fraction of sp³-hybridized carbons (Fsp3) is 0.0746. The van der Waals surface area contributed by atoms with Gasteiger partial charge in [0.2, 0.25) is 0 Å². The van der Waals surface area contributed by atoms with Gasteiger partial charge in [-0.2, -0.15) is 0 Å². The third-order valence-electron chi connectivity index (χ3n) is 15.4. The van der Waals surface area contributed by atoms with Gasteiger partial charge in [-0.05, 0) is 158 Å². The first-order valence-corrected chi connectivity index (χ1v) is 24.5. The molecule has 0 spiro atoms. The molecule has 0 N–H and O–H groups in total. The van der Waals surface area contributed by atoms with Crippen LogP contribution in [-0.2, 0) is 5.41 Å². The second kappa shape index (κ2) is 15.8. The average molecular weight is 881 g/mol. The minimum Gasteiger partial charge on any atom is -0.310 e. The number of para-hydroxylation sites is 3. The summed E-state index contributed by atoms with van der Waals surface area (Å²) >= 11 is 0. The summed E-state index contributed by atoms with van der Waals surface area (Å²) in [6.45, 7) is 0. The smallest absolute Gasteiger partial charge is 0.0640 e. The Morgan fingerprint density at radius 2 is 1.00 bits per heavy atom. The molecule has 3 aliphatic carbocycles. The first-order valence-electron chi connectivity index (χ1n) is 24.5. The lowest BCUT2D eigenvalue weighted by Gasteiger charge is -2.39. The van der Waals surface area contributed by atoms with E-state index < -0.39 is 5.41 Å². The summed E-state index contributed by atoms with van der Waals surface area (Å²) in [6.07, 6.45) is 13.6. The molecule has 0 amide bonds. The molecule has 14 rings (SSSR count). The number of aromatic nitrogens is 1. The van der Waals surface area contributed by atoms with Gasteiger partial charge in [-0.1, -0.05) is 188 Å². The molecule has 0 saturated carbocycles. The molecule has 1 atom stereocenters. The highest BCUT2D eigenvalue weighted by Crippen LogP contribution is 2.62. The van der Waals surface area contributed by atoms with Gasteiger partial charge in [0.05, 0.1) is 16.4 Å². The first-order chi connectivity index (χ1) is 34.3. The summed E-state index contributed by atoms with van der Waals surface area (Å²) in [6, 6.07) is 81.6. The van der Waals surface area contributed by atoms with Crippen LogP contribution in [0.3, 0.4) is 0 Å².